The van der Waals surface area contributed by atoms with Crippen LogP contribution in [-0.2, 0) is 6.61 Å². The number of nitrogens with zero attached hydrogens (tertiary/aromatic N) is 2. The van der Waals surface area contributed by atoms with Gasteiger partial charge in [-0.15, -0.1) is 0 Å². The molecule has 0 spiro atoms. The lowest BCUT2D eigenvalue weighted by Crippen LogP contribution is -2.37. The number of ether oxygens (including phenoxy) is 1. The molecule has 3 nitrogen and oxygen atoms in total. The number of likely N-dealkylation sites (tertiary alicyclic amines) is 1. The molecule has 134 valence electrons. The molecule has 1 aliphatic rings. The Labute approximate surface area is 165 Å². The summed E-state index contributed by atoms with van der Waals surface area (Å²) in [4.78, 5) is 3.10. The summed E-state index contributed by atoms with van der Waals surface area (Å²) in [5, 5.41) is 9.69. The fourth-order valence-corrected chi connectivity index (χ4v) is 3.60. The van der Waals surface area contributed by atoms with Gasteiger partial charge in [-0.25, -0.2) is 0 Å². The van der Waals surface area contributed by atoms with Gasteiger partial charge in [0, 0.05) is 24.2 Å². The fourth-order valence-electron chi connectivity index (χ4n) is 3.06. The number of thiocarbonyl (C=S) groups is 1. The Morgan fingerprint density at radius 2 is 2.00 bits per heavy atom. The number of halogens is 1. The number of hydrogen-bond acceptors (Lipinski definition) is 3. The Kier molecular flexibility index (Phi) is 6.13. The Balaban J connectivity index is 1.68. The van der Waals surface area contributed by atoms with Gasteiger partial charge in [0.25, 0.3) is 0 Å². The van der Waals surface area contributed by atoms with E-state index in [-0.39, 0.29) is 0 Å². The summed E-state index contributed by atoms with van der Waals surface area (Å²) in [6.45, 7) is 4.59. The zero-order chi connectivity index (χ0) is 18.5. The molecular weight excluding hydrogens is 364 g/mol. The molecule has 0 amide bonds. The number of rotatable bonds is 4. The average Bonchev–Trinajstić information content (AvgIpc) is 2.67. The molecule has 0 saturated carbocycles. The van der Waals surface area contributed by atoms with Crippen LogP contribution in [-0.4, -0.2) is 23.0 Å². The largest absolute Gasteiger partial charge is 0.487 e. The summed E-state index contributed by atoms with van der Waals surface area (Å²) >= 11 is 12.1. The lowest BCUT2D eigenvalue weighted by Gasteiger charge is -2.32. The summed E-state index contributed by atoms with van der Waals surface area (Å²) < 4.78 is 5.82. The van der Waals surface area contributed by atoms with Crippen LogP contribution in [0.3, 0.4) is 0 Å². The molecule has 1 saturated heterocycles. The normalized spacial score (nSPS) is 14.7. The van der Waals surface area contributed by atoms with Gasteiger partial charge in [0.2, 0.25) is 0 Å². The van der Waals surface area contributed by atoms with E-state index in [9.17, 15) is 0 Å². The van der Waals surface area contributed by atoms with E-state index >= 15 is 0 Å². The number of hydrogen-bond donors (Lipinski definition) is 0. The van der Waals surface area contributed by atoms with Crippen LogP contribution in [0.5, 0.6) is 5.75 Å². The van der Waals surface area contributed by atoms with E-state index in [0.717, 1.165) is 35.1 Å². The van der Waals surface area contributed by atoms with Crippen molar-refractivity contribution in [2.45, 2.75) is 26.4 Å². The molecule has 2 aromatic rings. The Morgan fingerprint density at radius 1 is 1.27 bits per heavy atom. The molecule has 2 aromatic carbocycles. The van der Waals surface area contributed by atoms with Crippen LogP contribution in [0.2, 0.25) is 5.02 Å². The second-order valence-electron chi connectivity index (χ2n) is 6.68. The Bertz CT molecular complexity index is 838. The topological polar surface area (TPSA) is 36.3 Å². The van der Waals surface area contributed by atoms with Crippen molar-refractivity contribution in [3.8, 4) is 11.8 Å². The maximum absolute atomic E-state index is 9.16. The van der Waals surface area contributed by atoms with Crippen molar-refractivity contribution in [2.75, 3.05) is 13.1 Å². The van der Waals surface area contributed by atoms with Crippen LogP contribution >= 0.6 is 23.8 Å². The minimum atomic E-state index is 0.303. The minimum absolute atomic E-state index is 0.303. The molecule has 0 N–H and O–H groups in total. The molecule has 1 aliphatic heterocycles. The molecule has 3 rings (SSSR count). The third-order valence-corrected chi connectivity index (χ3v) is 5.56. The van der Waals surface area contributed by atoms with E-state index in [1.165, 1.54) is 12.8 Å². The van der Waals surface area contributed by atoms with Gasteiger partial charge in [-0.3, -0.25) is 0 Å². The van der Waals surface area contributed by atoms with Crippen molar-refractivity contribution >= 4 is 28.8 Å². The van der Waals surface area contributed by atoms with Gasteiger partial charge in [0.05, 0.1) is 16.7 Å². The molecule has 5 heteroatoms. The monoisotopic (exact) mass is 384 g/mol. The third-order valence-electron chi connectivity index (χ3n) is 4.77. The van der Waals surface area contributed by atoms with Crippen LogP contribution in [0.1, 0.15) is 36.5 Å². The molecule has 0 bridgehead atoms. The second kappa shape index (κ2) is 8.53. The van der Waals surface area contributed by atoms with Gasteiger partial charge in [-0.05, 0) is 43.0 Å². The van der Waals surface area contributed by atoms with Crippen LogP contribution in [0, 0.1) is 17.2 Å². The predicted molar refractivity (Wildman–Crippen MR) is 109 cm³/mol. The minimum Gasteiger partial charge on any atom is -0.487 e. The van der Waals surface area contributed by atoms with Crippen LogP contribution in [0.15, 0.2) is 42.5 Å². The number of nitriles is 1. The van der Waals surface area contributed by atoms with Gasteiger partial charge in [0.1, 0.15) is 17.3 Å². The third kappa shape index (κ3) is 4.35. The number of piperidine rings is 1. The van der Waals surface area contributed by atoms with Gasteiger partial charge in [0.15, 0.2) is 0 Å². The van der Waals surface area contributed by atoms with Crippen molar-refractivity contribution in [1.29, 1.82) is 5.26 Å². The van der Waals surface area contributed by atoms with Crippen molar-refractivity contribution in [3.63, 3.8) is 0 Å². The maximum atomic E-state index is 9.16. The highest BCUT2D eigenvalue weighted by Crippen LogP contribution is 2.28. The standard InChI is InChI=1S/C21H21ClN2OS/c1-15-8-10-24(11-9-15)21(26)16-6-7-20(19(22)12-16)25-14-18-5-3-2-4-17(18)13-23/h2-7,12,15H,8-11,14H2,1H3. The SMILES string of the molecule is CC1CCN(C(=S)c2ccc(OCc3ccccc3C#N)c(Cl)c2)CC1. The van der Waals surface area contributed by atoms with Crippen LogP contribution < -0.4 is 4.74 Å². The van der Waals surface area contributed by atoms with Gasteiger partial charge in [-0.2, -0.15) is 5.26 Å². The van der Waals surface area contributed by atoms with Crippen molar-refractivity contribution < 1.29 is 4.74 Å². The molecule has 0 radical (unpaired) electrons. The lowest BCUT2D eigenvalue weighted by atomic mass is 9.99. The first kappa shape index (κ1) is 18.7. The first-order valence-electron chi connectivity index (χ1n) is 8.78. The first-order chi connectivity index (χ1) is 12.6. The smallest absolute Gasteiger partial charge is 0.138 e. The van der Waals surface area contributed by atoms with Gasteiger partial charge in [-0.1, -0.05) is 48.9 Å². The predicted octanol–water partition coefficient (Wildman–Crippen LogP) is 5.20. The molecule has 0 unspecified atom stereocenters. The molecular formula is C21H21ClN2OS. The Hall–Kier alpha value is -2.09. The highest BCUT2D eigenvalue weighted by atomic mass is 35.5. The second-order valence-corrected chi connectivity index (χ2v) is 7.47. The van der Waals surface area contributed by atoms with E-state index in [1.807, 2.05) is 36.4 Å². The summed E-state index contributed by atoms with van der Waals surface area (Å²) in [6, 6.07) is 15.2. The fraction of sp³-hybridized carbons (Fsp3) is 0.333. The summed E-state index contributed by atoms with van der Waals surface area (Å²) in [5.41, 5.74) is 2.40. The van der Waals surface area contributed by atoms with Gasteiger partial charge < -0.3 is 9.64 Å². The molecule has 0 aliphatic carbocycles. The highest BCUT2D eigenvalue weighted by molar-refractivity contribution is 7.80. The van der Waals surface area contributed by atoms with E-state index in [2.05, 4.69) is 17.9 Å². The Morgan fingerprint density at radius 3 is 2.69 bits per heavy atom. The van der Waals surface area contributed by atoms with Gasteiger partial charge >= 0.3 is 0 Å². The molecule has 0 aromatic heterocycles. The first-order valence-corrected chi connectivity index (χ1v) is 9.56. The lowest BCUT2D eigenvalue weighted by molar-refractivity contribution is 0.284. The summed E-state index contributed by atoms with van der Waals surface area (Å²) in [7, 11) is 0. The van der Waals surface area contributed by atoms with E-state index in [4.69, 9.17) is 33.8 Å². The van der Waals surface area contributed by atoms with E-state index in [1.54, 1.807) is 6.07 Å². The van der Waals surface area contributed by atoms with Crippen molar-refractivity contribution in [1.82, 2.24) is 4.90 Å². The molecule has 1 fully saturated rings. The van der Waals surface area contributed by atoms with Crippen molar-refractivity contribution in [2.24, 2.45) is 5.92 Å². The molecule has 26 heavy (non-hydrogen) atoms. The van der Waals surface area contributed by atoms with E-state index < -0.39 is 0 Å². The van der Waals surface area contributed by atoms with Crippen molar-refractivity contribution in [3.05, 3.63) is 64.2 Å². The quantitative estimate of drug-likeness (QED) is 0.679. The molecule has 1 heterocycles. The average molecular weight is 385 g/mol. The number of benzene rings is 2. The zero-order valence-electron chi connectivity index (χ0n) is 14.7. The molecule has 0 atom stereocenters. The van der Waals surface area contributed by atoms with Crippen LogP contribution in [0.25, 0.3) is 0 Å². The highest BCUT2D eigenvalue weighted by Gasteiger charge is 2.19. The van der Waals surface area contributed by atoms with E-state index in [0.29, 0.717) is 22.9 Å². The zero-order valence-corrected chi connectivity index (χ0v) is 16.3. The summed E-state index contributed by atoms with van der Waals surface area (Å²) in [5.74, 6) is 1.36. The summed E-state index contributed by atoms with van der Waals surface area (Å²) in [6.07, 6.45) is 2.35. The maximum Gasteiger partial charge on any atom is 0.138 e. The van der Waals surface area contributed by atoms with Crippen LogP contribution in [0.4, 0.5) is 0 Å².